The van der Waals surface area contributed by atoms with Crippen molar-refractivity contribution in [3.63, 3.8) is 0 Å². The van der Waals surface area contributed by atoms with Crippen LogP contribution < -0.4 is 4.90 Å². The Morgan fingerprint density at radius 3 is 2.06 bits per heavy atom. The molecule has 2 aromatic carbocycles. The second kappa shape index (κ2) is 10.4. The van der Waals surface area contributed by atoms with Crippen LogP contribution in [-0.2, 0) is 19.6 Å². The Labute approximate surface area is 201 Å². The minimum Gasteiger partial charge on any atom is -0.388 e. The number of pyridine rings is 1. The first-order valence-electron chi connectivity index (χ1n) is 11.7. The van der Waals surface area contributed by atoms with Gasteiger partial charge in [-0.15, -0.1) is 0 Å². The fourth-order valence-corrected chi connectivity index (χ4v) is 4.82. The third kappa shape index (κ3) is 4.92. The molecule has 0 aliphatic carbocycles. The average molecular weight is 462 g/mol. The van der Waals surface area contributed by atoms with Gasteiger partial charge < -0.3 is 14.6 Å². The lowest BCUT2D eigenvalue weighted by atomic mass is 10.0. The van der Waals surface area contributed by atoms with E-state index in [4.69, 9.17) is 16.6 Å². The van der Waals surface area contributed by atoms with Crippen molar-refractivity contribution in [1.82, 2.24) is 9.55 Å². The summed E-state index contributed by atoms with van der Waals surface area (Å²) < 4.78 is 2.31. The molecule has 0 saturated heterocycles. The number of hydrogen-bond donors (Lipinski definition) is 1. The molecular weight excluding hydrogens is 430 g/mol. The number of hydrogen-bond acceptors (Lipinski definition) is 3. The van der Waals surface area contributed by atoms with Crippen LogP contribution in [0.3, 0.4) is 0 Å². The molecule has 0 fully saturated rings. The predicted molar refractivity (Wildman–Crippen MR) is 138 cm³/mol. The van der Waals surface area contributed by atoms with E-state index in [9.17, 15) is 5.11 Å². The SMILES string of the molecule is CCCn1c(C)c(C(O)CC)c2cc(Cl)nc(N(Cc3ccccc3)Cc3ccccc3)c21. The van der Waals surface area contributed by atoms with Gasteiger partial charge in [0.25, 0.3) is 0 Å². The lowest BCUT2D eigenvalue weighted by Crippen LogP contribution is -2.24. The van der Waals surface area contributed by atoms with Crippen molar-refractivity contribution in [2.24, 2.45) is 0 Å². The Bertz CT molecular complexity index is 1160. The molecule has 5 heteroatoms. The van der Waals surface area contributed by atoms with Crippen LogP contribution in [0.4, 0.5) is 5.82 Å². The van der Waals surface area contributed by atoms with Crippen LogP contribution in [0.25, 0.3) is 10.9 Å². The van der Waals surface area contributed by atoms with Crippen molar-refractivity contribution >= 4 is 28.3 Å². The van der Waals surface area contributed by atoms with E-state index >= 15 is 0 Å². The molecule has 0 saturated carbocycles. The minimum absolute atomic E-state index is 0.446. The van der Waals surface area contributed by atoms with E-state index in [2.05, 4.69) is 71.8 Å². The number of halogens is 1. The highest BCUT2D eigenvalue weighted by Crippen LogP contribution is 2.39. The lowest BCUT2D eigenvalue weighted by Gasteiger charge is -2.26. The van der Waals surface area contributed by atoms with Gasteiger partial charge in [0, 0.05) is 36.3 Å². The number of aliphatic hydroxyl groups is 1. The quantitative estimate of drug-likeness (QED) is 0.271. The van der Waals surface area contributed by atoms with Crippen LogP contribution in [-0.4, -0.2) is 14.7 Å². The fraction of sp³-hybridized carbons (Fsp3) is 0.321. The van der Waals surface area contributed by atoms with Gasteiger partial charge in [0.15, 0.2) is 5.82 Å². The standard InChI is InChI=1S/C28H32ClN3O/c1-4-16-32-20(3)26(24(33)5-2)23-17-25(29)30-28(27(23)32)31(18-21-12-8-6-9-13-21)19-22-14-10-7-11-15-22/h6-15,17,24,33H,4-5,16,18-19H2,1-3H3. The third-order valence-corrected chi connectivity index (χ3v) is 6.39. The van der Waals surface area contributed by atoms with E-state index < -0.39 is 6.10 Å². The number of nitrogens with zero attached hydrogens (tertiary/aromatic N) is 3. The lowest BCUT2D eigenvalue weighted by molar-refractivity contribution is 0.174. The summed E-state index contributed by atoms with van der Waals surface area (Å²) in [6.07, 6.45) is 1.11. The number of rotatable bonds is 9. The van der Waals surface area contributed by atoms with Gasteiger partial charge in [-0.3, -0.25) is 0 Å². The van der Waals surface area contributed by atoms with Gasteiger partial charge in [-0.1, -0.05) is 86.1 Å². The van der Waals surface area contributed by atoms with Gasteiger partial charge in [-0.05, 0) is 37.0 Å². The Kier molecular flexibility index (Phi) is 7.36. The van der Waals surface area contributed by atoms with Gasteiger partial charge in [0.2, 0.25) is 0 Å². The normalized spacial score (nSPS) is 12.3. The number of aromatic nitrogens is 2. The monoisotopic (exact) mass is 461 g/mol. The molecule has 172 valence electrons. The topological polar surface area (TPSA) is 41.3 Å². The minimum atomic E-state index is -0.534. The molecule has 1 N–H and O–H groups in total. The number of benzene rings is 2. The zero-order valence-corrected chi connectivity index (χ0v) is 20.4. The molecule has 0 bridgehead atoms. The van der Waals surface area contributed by atoms with E-state index in [1.165, 1.54) is 11.1 Å². The first-order chi connectivity index (χ1) is 16.0. The maximum atomic E-state index is 10.9. The summed E-state index contributed by atoms with van der Waals surface area (Å²) in [4.78, 5) is 7.16. The summed E-state index contributed by atoms with van der Waals surface area (Å²) in [6, 6.07) is 22.8. The average Bonchev–Trinajstić information content (AvgIpc) is 3.10. The molecule has 1 atom stereocenters. The molecule has 2 heterocycles. The number of fused-ring (bicyclic) bond motifs is 1. The zero-order chi connectivity index (χ0) is 23.4. The van der Waals surface area contributed by atoms with Crippen LogP contribution in [0, 0.1) is 6.92 Å². The Balaban J connectivity index is 1.94. The Hall–Kier alpha value is -2.82. The molecule has 0 spiro atoms. The van der Waals surface area contributed by atoms with Gasteiger partial charge >= 0.3 is 0 Å². The third-order valence-electron chi connectivity index (χ3n) is 6.20. The summed E-state index contributed by atoms with van der Waals surface area (Å²) in [5.41, 5.74) is 5.52. The first kappa shape index (κ1) is 23.3. The summed E-state index contributed by atoms with van der Waals surface area (Å²) >= 11 is 6.60. The molecule has 0 aliphatic heterocycles. The summed E-state index contributed by atoms with van der Waals surface area (Å²) in [5.74, 6) is 0.858. The van der Waals surface area contributed by atoms with Gasteiger partial charge in [0.05, 0.1) is 11.6 Å². The smallest absolute Gasteiger partial charge is 0.155 e. The first-order valence-corrected chi connectivity index (χ1v) is 12.1. The van der Waals surface area contributed by atoms with Crippen molar-refractivity contribution in [3.05, 3.63) is 94.3 Å². The van der Waals surface area contributed by atoms with Gasteiger partial charge in [-0.2, -0.15) is 0 Å². The number of aryl methyl sites for hydroxylation is 1. The second-order valence-electron chi connectivity index (χ2n) is 8.57. The maximum absolute atomic E-state index is 10.9. The van der Waals surface area contributed by atoms with Gasteiger partial charge in [0.1, 0.15) is 5.15 Å². The second-order valence-corrected chi connectivity index (χ2v) is 8.95. The van der Waals surface area contributed by atoms with Crippen LogP contribution in [0.15, 0.2) is 66.7 Å². The van der Waals surface area contributed by atoms with Crippen LogP contribution in [0.2, 0.25) is 5.15 Å². The molecule has 4 aromatic rings. The predicted octanol–water partition coefficient (Wildman–Crippen LogP) is 7.06. The van der Waals surface area contributed by atoms with E-state index in [1.54, 1.807) is 0 Å². The number of aliphatic hydroxyl groups excluding tert-OH is 1. The zero-order valence-electron chi connectivity index (χ0n) is 19.6. The summed E-state index contributed by atoms with van der Waals surface area (Å²) in [5, 5.41) is 12.3. The van der Waals surface area contributed by atoms with Gasteiger partial charge in [-0.25, -0.2) is 4.98 Å². The van der Waals surface area contributed by atoms with Crippen molar-refractivity contribution in [1.29, 1.82) is 0 Å². The molecule has 1 unspecified atom stereocenters. The van der Waals surface area contributed by atoms with Crippen molar-refractivity contribution in [2.75, 3.05) is 4.90 Å². The molecular formula is C28H32ClN3O. The highest BCUT2D eigenvalue weighted by atomic mass is 35.5. The van der Waals surface area contributed by atoms with E-state index in [1.807, 2.05) is 25.1 Å². The highest BCUT2D eigenvalue weighted by Gasteiger charge is 2.25. The Morgan fingerprint density at radius 1 is 0.970 bits per heavy atom. The number of anilines is 1. The Morgan fingerprint density at radius 2 is 1.55 bits per heavy atom. The van der Waals surface area contributed by atoms with E-state index in [0.29, 0.717) is 24.7 Å². The van der Waals surface area contributed by atoms with E-state index in [0.717, 1.165) is 40.9 Å². The molecule has 0 radical (unpaired) electrons. The molecule has 0 amide bonds. The van der Waals surface area contributed by atoms with Crippen LogP contribution >= 0.6 is 11.6 Å². The van der Waals surface area contributed by atoms with Crippen LogP contribution in [0.5, 0.6) is 0 Å². The molecule has 33 heavy (non-hydrogen) atoms. The maximum Gasteiger partial charge on any atom is 0.155 e. The molecule has 0 aliphatic rings. The molecule has 4 nitrogen and oxygen atoms in total. The molecule has 4 rings (SSSR count). The van der Waals surface area contributed by atoms with Crippen molar-refractivity contribution < 1.29 is 5.11 Å². The summed E-state index contributed by atoms with van der Waals surface area (Å²) in [7, 11) is 0. The van der Waals surface area contributed by atoms with E-state index in [-0.39, 0.29) is 0 Å². The molecule has 2 aromatic heterocycles. The largest absolute Gasteiger partial charge is 0.388 e. The highest BCUT2D eigenvalue weighted by molar-refractivity contribution is 6.30. The van der Waals surface area contributed by atoms with Crippen LogP contribution in [0.1, 0.15) is 55.2 Å². The summed E-state index contributed by atoms with van der Waals surface area (Å²) in [6.45, 7) is 8.56. The van der Waals surface area contributed by atoms with Crippen molar-refractivity contribution in [2.45, 2.75) is 59.4 Å². The fourth-order valence-electron chi connectivity index (χ4n) is 4.64. The van der Waals surface area contributed by atoms with Crippen molar-refractivity contribution in [3.8, 4) is 0 Å².